The fraction of sp³-hybridized carbons (Fsp3) is 0. The lowest BCUT2D eigenvalue weighted by molar-refractivity contribution is 1.13. The van der Waals surface area contributed by atoms with E-state index in [0.717, 1.165) is 8.35 Å². The van der Waals surface area contributed by atoms with Gasteiger partial charge in [0.05, 0.1) is 0 Å². The molecular formula is C4H5N2P. The third-order valence-corrected chi connectivity index (χ3v) is 1.10. The molecule has 0 atom stereocenters. The molecule has 2 nitrogen and oxygen atoms in total. The summed E-state index contributed by atoms with van der Waals surface area (Å²) in [5.74, 6) is 1.98. The number of allylic oxidation sites excluding steroid dienone is 2. The van der Waals surface area contributed by atoms with E-state index in [1.165, 1.54) is 0 Å². The highest BCUT2D eigenvalue weighted by Gasteiger charge is 1.69. The summed E-state index contributed by atoms with van der Waals surface area (Å²) in [5, 5.41) is 6.54. The van der Waals surface area contributed by atoms with E-state index in [-0.39, 0.29) is 0 Å². The average molecular weight is 112 g/mol. The summed E-state index contributed by atoms with van der Waals surface area (Å²) in [6.45, 7) is 0. The fourth-order valence-electron chi connectivity index (χ4n) is 0.285. The third-order valence-electron chi connectivity index (χ3n) is 0.548. The van der Waals surface area contributed by atoms with E-state index < -0.39 is 0 Å². The van der Waals surface area contributed by atoms with E-state index >= 15 is 0 Å². The van der Waals surface area contributed by atoms with Crippen LogP contribution in [-0.2, 0) is 0 Å². The first kappa shape index (κ1) is 4.54. The summed E-state index contributed by atoms with van der Waals surface area (Å²) in [7, 11) is 1.05. The molecule has 0 amide bonds. The summed E-state index contributed by atoms with van der Waals surface area (Å²) >= 11 is 0. The van der Waals surface area contributed by atoms with E-state index in [4.69, 9.17) is 0 Å². The van der Waals surface area contributed by atoms with Crippen LogP contribution in [0.25, 0.3) is 0 Å². The normalized spacial score (nSPS) is 18.3. The highest BCUT2D eigenvalue weighted by atomic mass is 31.1. The van der Waals surface area contributed by atoms with Crippen molar-refractivity contribution in [2.75, 3.05) is 0 Å². The molecule has 36 valence electrons. The molecule has 0 spiro atoms. The van der Waals surface area contributed by atoms with Gasteiger partial charge in [0.1, 0.15) is 0 Å². The van der Waals surface area contributed by atoms with Crippen molar-refractivity contribution in [2.45, 2.75) is 0 Å². The number of hydrazone groups is 1. The van der Waals surface area contributed by atoms with Crippen LogP contribution in [0.1, 0.15) is 0 Å². The molecule has 1 rings (SSSR count). The molecule has 0 saturated heterocycles. The van der Waals surface area contributed by atoms with Gasteiger partial charge in [-0.1, -0.05) is 6.08 Å². The molecule has 1 N–H and O–H groups in total. The summed E-state index contributed by atoms with van der Waals surface area (Å²) in [5.41, 5.74) is 0. The molecule has 0 aromatic heterocycles. The van der Waals surface area contributed by atoms with Crippen molar-refractivity contribution >= 4 is 20.4 Å². The molecule has 0 unspecified atom stereocenters. The third kappa shape index (κ3) is 1.51. The standard InChI is InChI=1S/C4H5N2P/c1-2-4-7-6-5-3-1/h1-4,6H. The number of nitrogens with zero attached hydrogens (tertiary/aromatic N) is 1. The van der Waals surface area contributed by atoms with Crippen LogP contribution < -0.4 is 5.20 Å². The van der Waals surface area contributed by atoms with Crippen molar-refractivity contribution in [2.24, 2.45) is 5.10 Å². The smallest absolute Gasteiger partial charge is 0.0475 e. The van der Waals surface area contributed by atoms with Crippen LogP contribution >= 0.6 is 8.35 Å². The monoisotopic (exact) mass is 112 g/mol. The maximum absolute atomic E-state index is 3.77. The molecule has 7 heavy (non-hydrogen) atoms. The second-order valence-electron chi connectivity index (χ2n) is 1.04. The topological polar surface area (TPSA) is 24.4 Å². The number of hydrogen-bond donors (Lipinski definition) is 1. The molecule has 0 saturated carbocycles. The molecule has 1 heterocycles. The van der Waals surface area contributed by atoms with Crippen LogP contribution in [-0.4, -0.2) is 12.0 Å². The summed E-state index contributed by atoms with van der Waals surface area (Å²) < 4.78 is 0. The molecule has 0 aromatic carbocycles. The zero-order valence-corrected chi connectivity index (χ0v) is 4.60. The molecule has 0 radical (unpaired) electrons. The van der Waals surface area contributed by atoms with Gasteiger partial charge in [0.2, 0.25) is 0 Å². The Morgan fingerprint density at radius 1 is 1.43 bits per heavy atom. The molecule has 0 aliphatic carbocycles. The first-order valence-corrected chi connectivity index (χ1v) is 2.93. The van der Waals surface area contributed by atoms with E-state index in [0.29, 0.717) is 0 Å². The summed E-state index contributed by atoms with van der Waals surface area (Å²) in [6, 6.07) is 0. The Bertz CT molecular complexity index is 112. The molecule has 0 fully saturated rings. The summed E-state index contributed by atoms with van der Waals surface area (Å²) in [4.78, 5) is 0. The maximum atomic E-state index is 3.77. The van der Waals surface area contributed by atoms with Crippen LogP contribution in [0.5, 0.6) is 0 Å². The number of nitrogens with one attached hydrogen (secondary N) is 1. The second-order valence-corrected chi connectivity index (χ2v) is 1.80. The van der Waals surface area contributed by atoms with Crippen molar-refractivity contribution in [1.29, 1.82) is 0 Å². The largest absolute Gasteiger partial charge is 0.260 e. The lowest BCUT2D eigenvalue weighted by atomic mass is 10.6. The van der Waals surface area contributed by atoms with E-state index in [2.05, 4.69) is 10.3 Å². The molecule has 0 bridgehead atoms. The Labute approximate surface area is 43.8 Å². The van der Waals surface area contributed by atoms with E-state index in [1.807, 2.05) is 17.9 Å². The molecule has 3 heteroatoms. The Morgan fingerprint density at radius 2 is 2.43 bits per heavy atom. The molecule has 1 aliphatic heterocycles. The maximum Gasteiger partial charge on any atom is 0.0475 e. The molecule has 0 aromatic rings. The Morgan fingerprint density at radius 3 is 3.43 bits per heavy atom. The van der Waals surface area contributed by atoms with Crippen molar-refractivity contribution in [3.63, 3.8) is 0 Å². The number of rotatable bonds is 0. The van der Waals surface area contributed by atoms with Gasteiger partial charge in [-0.05, 0) is 11.9 Å². The Kier molecular flexibility index (Phi) is 1.64. The van der Waals surface area contributed by atoms with Crippen LogP contribution in [0, 0.1) is 0 Å². The van der Waals surface area contributed by atoms with Crippen LogP contribution in [0.3, 0.4) is 0 Å². The first-order valence-electron chi connectivity index (χ1n) is 1.96. The van der Waals surface area contributed by atoms with Gasteiger partial charge >= 0.3 is 0 Å². The van der Waals surface area contributed by atoms with E-state index in [9.17, 15) is 0 Å². The molecular weight excluding hydrogens is 107 g/mol. The van der Waals surface area contributed by atoms with Gasteiger partial charge in [-0.2, -0.15) is 5.10 Å². The first-order chi connectivity index (χ1) is 3.50. The van der Waals surface area contributed by atoms with Gasteiger partial charge in [0, 0.05) is 14.6 Å². The van der Waals surface area contributed by atoms with Gasteiger partial charge in [0.15, 0.2) is 0 Å². The molecule has 1 aliphatic rings. The quantitative estimate of drug-likeness (QED) is 0.460. The van der Waals surface area contributed by atoms with E-state index in [1.54, 1.807) is 6.21 Å². The van der Waals surface area contributed by atoms with Gasteiger partial charge in [-0.3, -0.25) is 5.20 Å². The lowest BCUT2D eigenvalue weighted by Crippen LogP contribution is -1.81. The van der Waals surface area contributed by atoms with Crippen molar-refractivity contribution in [3.05, 3.63) is 12.2 Å². The number of hydrogen-bond acceptors (Lipinski definition) is 2. The minimum atomic E-state index is 1.05. The van der Waals surface area contributed by atoms with Gasteiger partial charge in [0.25, 0.3) is 0 Å². The zero-order valence-electron chi connectivity index (χ0n) is 3.70. The minimum Gasteiger partial charge on any atom is -0.260 e. The van der Waals surface area contributed by atoms with Gasteiger partial charge in [-0.25, -0.2) is 0 Å². The summed E-state index contributed by atoms with van der Waals surface area (Å²) in [6.07, 6.45) is 5.55. The zero-order chi connectivity index (χ0) is 4.95. The van der Waals surface area contributed by atoms with Crippen LogP contribution in [0.2, 0.25) is 0 Å². The lowest BCUT2D eigenvalue weighted by Gasteiger charge is -1.77. The minimum absolute atomic E-state index is 1.05. The van der Waals surface area contributed by atoms with Crippen molar-refractivity contribution < 1.29 is 0 Å². The predicted octanol–water partition coefficient (Wildman–Crippen LogP) is 0.795. The Balaban J connectivity index is 2.60. The average Bonchev–Trinajstić information content (AvgIpc) is 1.90. The highest BCUT2D eigenvalue weighted by Crippen LogP contribution is 1.86. The fourth-order valence-corrected chi connectivity index (χ4v) is 0.671. The second kappa shape index (κ2) is 2.54. The Hall–Kier alpha value is -0.620. The predicted molar refractivity (Wildman–Crippen MR) is 33.8 cm³/mol. The highest BCUT2D eigenvalue weighted by molar-refractivity contribution is 7.36. The van der Waals surface area contributed by atoms with Crippen molar-refractivity contribution in [1.82, 2.24) is 5.20 Å². The van der Waals surface area contributed by atoms with Crippen LogP contribution in [0.15, 0.2) is 17.3 Å². The SMILES string of the molecule is C1=CC=PNN=C1. The van der Waals surface area contributed by atoms with Crippen LogP contribution in [0.4, 0.5) is 0 Å². The van der Waals surface area contributed by atoms with Gasteiger partial charge < -0.3 is 0 Å². The van der Waals surface area contributed by atoms with Gasteiger partial charge in [-0.15, -0.1) is 0 Å². The van der Waals surface area contributed by atoms with Crippen molar-refractivity contribution in [3.8, 4) is 0 Å².